The molecule has 13 heavy (non-hydrogen) atoms. The molecule has 0 radical (unpaired) electrons. The number of hydrogen-bond donors (Lipinski definition) is 2. The molecule has 0 aromatic rings. The van der Waals surface area contributed by atoms with Gasteiger partial charge in [-0.1, -0.05) is 20.8 Å². The van der Waals surface area contributed by atoms with Crippen molar-refractivity contribution < 1.29 is 9.53 Å². The van der Waals surface area contributed by atoms with E-state index in [0.717, 1.165) is 6.42 Å². The molecule has 1 aliphatic rings. The first kappa shape index (κ1) is 10.3. The molecule has 4 nitrogen and oxygen atoms in total. The Bertz CT molecular complexity index is 222. The van der Waals surface area contributed by atoms with Crippen molar-refractivity contribution in [1.82, 2.24) is 0 Å². The summed E-state index contributed by atoms with van der Waals surface area (Å²) >= 11 is 0. The molecule has 1 rings (SSSR count). The van der Waals surface area contributed by atoms with Gasteiger partial charge in [-0.25, -0.2) is 4.79 Å². The van der Waals surface area contributed by atoms with Crippen molar-refractivity contribution in [1.29, 1.82) is 0 Å². The SMILES string of the molecule is CC(C)(C)[C@H]1C[C@@]1(CN)OC(N)=O. The molecule has 4 N–H and O–H groups in total. The lowest BCUT2D eigenvalue weighted by Gasteiger charge is -2.23. The predicted molar refractivity (Wildman–Crippen MR) is 50.0 cm³/mol. The third-order valence-corrected chi connectivity index (χ3v) is 2.72. The van der Waals surface area contributed by atoms with Crippen LogP contribution < -0.4 is 11.5 Å². The molecule has 0 unspecified atom stereocenters. The van der Waals surface area contributed by atoms with Crippen LogP contribution in [0.15, 0.2) is 0 Å². The standard InChI is InChI=1S/C9H18N2O2/c1-8(2,3)6-4-9(6,5-10)13-7(11)12/h6H,4-5,10H2,1-3H3,(H2,11,12)/t6-,9+/m1/s1. The van der Waals surface area contributed by atoms with Gasteiger partial charge in [0.15, 0.2) is 0 Å². The lowest BCUT2D eigenvalue weighted by molar-refractivity contribution is 0.0694. The summed E-state index contributed by atoms with van der Waals surface area (Å²) in [6.07, 6.45) is 0.104. The molecule has 0 saturated heterocycles. The van der Waals surface area contributed by atoms with Gasteiger partial charge in [-0.15, -0.1) is 0 Å². The van der Waals surface area contributed by atoms with Crippen LogP contribution in [0.3, 0.4) is 0 Å². The van der Waals surface area contributed by atoms with E-state index in [1.54, 1.807) is 0 Å². The van der Waals surface area contributed by atoms with E-state index in [4.69, 9.17) is 16.2 Å². The van der Waals surface area contributed by atoms with Crippen LogP contribution in [0.25, 0.3) is 0 Å². The second-order valence-electron chi connectivity index (χ2n) is 4.81. The van der Waals surface area contributed by atoms with E-state index in [-0.39, 0.29) is 5.41 Å². The summed E-state index contributed by atoms with van der Waals surface area (Å²) in [5.41, 5.74) is 10.2. The first-order chi connectivity index (χ1) is 5.82. The zero-order valence-corrected chi connectivity index (χ0v) is 8.46. The van der Waals surface area contributed by atoms with Crippen molar-refractivity contribution in [3.8, 4) is 0 Å². The lowest BCUT2D eigenvalue weighted by Crippen LogP contribution is -2.35. The Morgan fingerprint density at radius 1 is 1.62 bits per heavy atom. The average Bonchev–Trinajstić information content (AvgIpc) is 2.62. The Hall–Kier alpha value is -0.770. The quantitative estimate of drug-likeness (QED) is 0.671. The number of ether oxygens (including phenoxy) is 1. The van der Waals surface area contributed by atoms with Gasteiger partial charge in [-0.3, -0.25) is 0 Å². The van der Waals surface area contributed by atoms with Gasteiger partial charge in [0.05, 0.1) is 0 Å². The molecule has 0 bridgehead atoms. The van der Waals surface area contributed by atoms with E-state index in [1.165, 1.54) is 0 Å². The number of carbonyl (C=O) groups excluding carboxylic acids is 1. The number of hydrogen-bond acceptors (Lipinski definition) is 3. The third-order valence-electron chi connectivity index (χ3n) is 2.72. The first-order valence-corrected chi connectivity index (χ1v) is 4.50. The molecule has 76 valence electrons. The number of nitrogens with two attached hydrogens (primary N) is 2. The normalized spacial score (nSPS) is 32.8. The van der Waals surface area contributed by atoms with Gasteiger partial charge in [-0.05, 0) is 11.8 Å². The molecule has 0 spiro atoms. The van der Waals surface area contributed by atoms with E-state index >= 15 is 0 Å². The fraction of sp³-hybridized carbons (Fsp3) is 0.889. The maximum atomic E-state index is 10.6. The average molecular weight is 186 g/mol. The van der Waals surface area contributed by atoms with Crippen LogP contribution in [-0.2, 0) is 4.74 Å². The van der Waals surface area contributed by atoms with Crippen LogP contribution in [0.4, 0.5) is 4.79 Å². The molecular weight excluding hydrogens is 168 g/mol. The number of carbonyl (C=O) groups is 1. The van der Waals surface area contributed by atoms with Crippen LogP contribution in [0.1, 0.15) is 27.2 Å². The Labute approximate surface area is 78.6 Å². The Morgan fingerprint density at radius 3 is 2.38 bits per heavy atom. The van der Waals surface area contributed by atoms with E-state index in [1.807, 2.05) is 0 Å². The topological polar surface area (TPSA) is 78.3 Å². The van der Waals surface area contributed by atoms with Gasteiger partial charge in [0.1, 0.15) is 5.60 Å². The fourth-order valence-corrected chi connectivity index (χ4v) is 1.96. The number of primary amides is 1. The third kappa shape index (κ3) is 1.94. The van der Waals surface area contributed by atoms with E-state index in [2.05, 4.69) is 20.8 Å². The van der Waals surface area contributed by atoms with Gasteiger partial charge in [0.2, 0.25) is 0 Å². The lowest BCUT2D eigenvalue weighted by atomic mass is 9.88. The summed E-state index contributed by atoms with van der Waals surface area (Å²) in [4.78, 5) is 10.6. The molecule has 0 aromatic carbocycles. The van der Waals surface area contributed by atoms with Gasteiger partial charge >= 0.3 is 6.09 Å². The monoisotopic (exact) mass is 186 g/mol. The maximum absolute atomic E-state index is 10.6. The van der Waals surface area contributed by atoms with Crippen molar-refractivity contribution in [3.05, 3.63) is 0 Å². The molecule has 0 aliphatic heterocycles. The molecule has 4 heteroatoms. The molecule has 1 amide bonds. The minimum absolute atomic E-state index is 0.120. The second kappa shape index (κ2) is 2.87. The summed E-state index contributed by atoms with van der Waals surface area (Å²) in [5.74, 6) is 0.331. The highest BCUT2D eigenvalue weighted by molar-refractivity contribution is 5.65. The molecular formula is C9H18N2O2. The van der Waals surface area contributed by atoms with Crippen LogP contribution in [0.5, 0.6) is 0 Å². The summed E-state index contributed by atoms with van der Waals surface area (Å²) < 4.78 is 5.05. The highest BCUT2D eigenvalue weighted by Crippen LogP contribution is 2.55. The summed E-state index contributed by atoms with van der Waals surface area (Å²) in [7, 11) is 0. The van der Waals surface area contributed by atoms with Gasteiger partial charge in [0, 0.05) is 12.5 Å². The second-order valence-corrected chi connectivity index (χ2v) is 4.81. The molecule has 0 aromatic heterocycles. The van der Waals surface area contributed by atoms with Gasteiger partial charge in [0.25, 0.3) is 0 Å². The number of rotatable bonds is 2. The fourth-order valence-electron chi connectivity index (χ4n) is 1.96. The highest BCUT2D eigenvalue weighted by Gasteiger charge is 2.61. The van der Waals surface area contributed by atoms with E-state index in [0.29, 0.717) is 12.5 Å². The molecule has 1 saturated carbocycles. The summed E-state index contributed by atoms with van der Waals surface area (Å²) in [5, 5.41) is 0. The highest BCUT2D eigenvalue weighted by atomic mass is 16.6. The van der Waals surface area contributed by atoms with E-state index in [9.17, 15) is 4.79 Å². The number of amides is 1. The molecule has 2 atom stereocenters. The van der Waals surface area contributed by atoms with Gasteiger partial charge < -0.3 is 16.2 Å². The van der Waals surface area contributed by atoms with Gasteiger partial charge in [-0.2, -0.15) is 0 Å². The first-order valence-electron chi connectivity index (χ1n) is 4.50. The molecule has 1 fully saturated rings. The molecule has 0 heterocycles. The minimum atomic E-state index is -0.725. The van der Waals surface area contributed by atoms with Crippen molar-refractivity contribution in [2.75, 3.05) is 6.54 Å². The van der Waals surface area contributed by atoms with Crippen molar-refractivity contribution in [3.63, 3.8) is 0 Å². The van der Waals surface area contributed by atoms with Crippen molar-refractivity contribution in [2.24, 2.45) is 22.8 Å². The summed E-state index contributed by atoms with van der Waals surface area (Å²) in [6.45, 7) is 6.69. The zero-order chi connectivity index (χ0) is 10.3. The predicted octanol–water partition coefficient (Wildman–Crippen LogP) is 0.845. The smallest absolute Gasteiger partial charge is 0.405 e. The minimum Gasteiger partial charge on any atom is -0.441 e. The largest absolute Gasteiger partial charge is 0.441 e. The van der Waals surface area contributed by atoms with E-state index < -0.39 is 11.7 Å². The van der Waals surface area contributed by atoms with Crippen LogP contribution in [0, 0.1) is 11.3 Å². The zero-order valence-electron chi connectivity index (χ0n) is 8.46. The van der Waals surface area contributed by atoms with Crippen molar-refractivity contribution >= 4 is 6.09 Å². The Balaban J connectivity index is 2.64. The Kier molecular flexibility index (Phi) is 2.28. The summed E-state index contributed by atoms with van der Waals surface area (Å²) in [6, 6.07) is 0. The Morgan fingerprint density at radius 2 is 2.15 bits per heavy atom. The molecule has 1 aliphatic carbocycles. The van der Waals surface area contributed by atoms with Crippen LogP contribution in [0.2, 0.25) is 0 Å². The van der Waals surface area contributed by atoms with Crippen molar-refractivity contribution in [2.45, 2.75) is 32.8 Å². The van der Waals surface area contributed by atoms with Crippen LogP contribution in [-0.4, -0.2) is 18.2 Å². The maximum Gasteiger partial charge on any atom is 0.405 e. The van der Waals surface area contributed by atoms with Crippen LogP contribution >= 0.6 is 0 Å².